The zero-order valence-electron chi connectivity index (χ0n) is 3.76. The number of esters is 1. The highest BCUT2D eigenvalue weighted by molar-refractivity contribution is 9.09. The second kappa shape index (κ2) is 3.43. The van der Waals surface area contributed by atoms with Crippen LogP contribution in [-0.4, -0.2) is 22.6 Å². The maximum absolute atomic E-state index is 9.97. The Balaban J connectivity index is 3.40. The van der Waals surface area contributed by atoms with E-state index >= 15 is 0 Å². The van der Waals surface area contributed by atoms with Crippen LogP contribution in [0.25, 0.3) is 0 Å². The van der Waals surface area contributed by atoms with Crippen molar-refractivity contribution in [1.82, 2.24) is 0 Å². The van der Waals surface area contributed by atoms with E-state index in [-0.39, 0.29) is 5.33 Å². The molecule has 0 aliphatic heterocycles. The third kappa shape index (κ3) is 3.60. The number of rotatable bonds is 1. The number of halogens is 1. The molecule has 0 atom stereocenters. The highest BCUT2D eigenvalue weighted by atomic mass is 79.9. The molecule has 0 aliphatic carbocycles. The Morgan fingerprint density at radius 3 is 2.25 bits per heavy atom. The lowest BCUT2D eigenvalue weighted by Gasteiger charge is -1.89. The van der Waals surface area contributed by atoms with Crippen LogP contribution in [-0.2, 0) is 9.53 Å². The van der Waals surface area contributed by atoms with Gasteiger partial charge in [-0.25, -0.2) is 4.79 Å². The number of carboxylic acid groups (broad SMARTS) is 1. The Bertz CT molecular complexity index is 110. The average Bonchev–Trinajstić information content (AvgIpc) is 1.65. The second-order valence-corrected chi connectivity index (χ2v) is 1.43. The molecular formula is C3H3BrO4. The minimum atomic E-state index is -1.57. The first-order valence-corrected chi connectivity index (χ1v) is 2.78. The summed E-state index contributed by atoms with van der Waals surface area (Å²) in [6.45, 7) is 0. The first kappa shape index (κ1) is 7.42. The third-order valence-electron chi connectivity index (χ3n) is 0.310. The smallest absolute Gasteiger partial charge is 0.449 e. The van der Waals surface area contributed by atoms with E-state index in [1.807, 2.05) is 0 Å². The summed E-state index contributed by atoms with van der Waals surface area (Å²) in [7, 11) is 0. The summed E-state index contributed by atoms with van der Waals surface area (Å²) in [5.41, 5.74) is 0. The van der Waals surface area contributed by atoms with E-state index in [1.165, 1.54) is 0 Å². The Morgan fingerprint density at radius 1 is 1.62 bits per heavy atom. The molecule has 0 fully saturated rings. The van der Waals surface area contributed by atoms with Crippen molar-refractivity contribution < 1.29 is 19.4 Å². The molecule has 0 heterocycles. The van der Waals surface area contributed by atoms with E-state index in [0.29, 0.717) is 0 Å². The normalized spacial score (nSPS) is 8.12. The molecule has 0 spiro atoms. The van der Waals surface area contributed by atoms with Gasteiger partial charge in [-0.1, -0.05) is 15.9 Å². The molecule has 0 aromatic carbocycles. The van der Waals surface area contributed by atoms with Crippen molar-refractivity contribution in [2.24, 2.45) is 0 Å². The molecule has 8 heavy (non-hydrogen) atoms. The number of hydrogen-bond acceptors (Lipinski definition) is 3. The van der Waals surface area contributed by atoms with E-state index in [0.717, 1.165) is 0 Å². The molecule has 0 bridgehead atoms. The molecule has 46 valence electrons. The molecule has 0 saturated heterocycles. The summed E-state index contributed by atoms with van der Waals surface area (Å²) in [6, 6.07) is 0. The topological polar surface area (TPSA) is 63.6 Å². The molecule has 0 saturated carbocycles. The number of ether oxygens (including phenoxy) is 1. The van der Waals surface area contributed by atoms with Gasteiger partial charge in [-0.2, -0.15) is 0 Å². The van der Waals surface area contributed by atoms with Gasteiger partial charge < -0.3 is 9.84 Å². The zero-order chi connectivity index (χ0) is 6.57. The van der Waals surface area contributed by atoms with Crippen molar-refractivity contribution >= 4 is 28.1 Å². The van der Waals surface area contributed by atoms with Crippen molar-refractivity contribution in [2.45, 2.75) is 0 Å². The molecule has 4 nitrogen and oxygen atoms in total. The lowest BCUT2D eigenvalue weighted by Crippen LogP contribution is -2.09. The lowest BCUT2D eigenvalue weighted by molar-refractivity contribution is -0.135. The van der Waals surface area contributed by atoms with E-state index in [1.54, 1.807) is 0 Å². The van der Waals surface area contributed by atoms with Gasteiger partial charge in [0.1, 0.15) is 5.33 Å². The molecular weight excluding hydrogens is 180 g/mol. The fraction of sp³-hybridized carbons (Fsp3) is 0.333. The molecule has 0 unspecified atom stereocenters. The number of carbonyl (C=O) groups excluding carboxylic acids is 1. The van der Waals surface area contributed by atoms with E-state index in [2.05, 4.69) is 20.7 Å². The summed E-state index contributed by atoms with van der Waals surface area (Å²) in [4.78, 5) is 19.5. The predicted molar refractivity (Wildman–Crippen MR) is 27.9 cm³/mol. The molecule has 0 aliphatic rings. The van der Waals surface area contributed by atoms with Crippen LogP contribution >= 0.6 is 15.9 Å². The summed E-state index contributed by atoms with van der Waals surface area (Å²) in [6.07, 6.45) is -1.57. The van der Waals surface area contributed by atoms with Crippen LogP contribution in [0.1, 0.15) is 0 Å². The van der Waals surface area contributed by atoms with Crippen LogP contribution < -0.4 is 0 Å². The Labute approximate surface area is 53.6 Å². The molecule has 0 aromatic heterocycles. The van der Waals surface area contributed by atoms with Gasteiger partial charge in [0.05, 0.1) is 0 Å². The summed E-state index contributed by atoms with van der Waals surface area (Å²) >= 11 is 2.71. The predicted octanol–water partition coefficient (Wildman–Crippen LogP) is 0.603. The van der Waals surface area contributed by atoms with Crippen LogP contribution in [0.4, 0.5) is 4.79 Å². The summed E-state index contributed by atoms with van der Waals surface area (Å²) in [5.74, 6) is -0.808. The first-order valence-electron chi connectivity index (χ1n) is 1.66. The second-order valence-electron chi connectivity index (χ2n) is 0.874. The molecule has 0 rings (SSSR count). The van der Waals surface area contributed by atoms with Gasteiger partial charge in [-0.3, -0.25) is 4.79 Å². The van der Waals surface area contributed by atoms with Crippen molar-refractivity contribution in [3.05, 3.63) is 0 Å². The zero-order valence-corrected chi connectivity index (χ0v) is 5.34. The highest BCUT2D eigenvalue weighted by Gasteiger charge is 2.03. The Kier molecular flexibility index (Phi) is 3.18. The summed E-state index contributed by atoms with van der Waals surface area (Å²) < 4.78 is 3.63. The van der Waals surface area contributed by atoms with Gasteiger partial charge in [0.15, 0.2) is 0 Å². The van der Waals surface area contributed by atoms with Crippen LogP contribution in [0.2, 0.25) is 0 Å². The minimum absolute atomic E-state index is 0.0979. The largest absolute Gasteiger partial charge is 0.513 e. The van der Waals surface area contributed by atoms with Crippen molar-refractivity contribution in [2.75, 3.05) is 5.33 Å². The number of carbonyl (C=O) groups is 2. The van der Waals surface area contributed by atoms with Crippen molar-refractivity contribution in [1.29, 1.82) is 0 Å². The van der Waals surface area contributed by atoms with Crippen LogP contribution in [0.5, 0.6) is 0 Å². The van der Waals surface area contributed by atoms with E-state index in [9.17, 15) is 9.59 Å². The quantitative estimate of drug-likeness (QED) is 0.367. The fourth-order valence-corrected chi connectivity index (χ4v) is 0.239. The van der Waals surface area contributed by atoms with Crippen LogP contribution in [0.15, 0.2) is 0 Å². The summed E-state index contributed by atoms with van der Waals surface area (Å²) in [5, 5.41) is 7.65. The van der Waals surface area contributed by atoms with Gasteiger partial charge >= 0.3 is 12.1 Å². The molecule has 5 heteroatoms. The van der Waals surface area contributed by atoms with Gasteiger partial charge in [0.2, 0.25) is 0 Å². The number of alkyl halides is 1. The van der Waals surface area contributed by atoms with Gasteiger partial charge in [0, 0.05) is 0 Å². The SMILES string of the molecule is O=C(O)OC(=O)CBr. The van der Waals surface area contributed by atoms with Gasteiger partial charge in [-0.05, 0) is 0 Å². The van der Waals surface area contributed by atoms with Gasteiger partial charge in [0.25, 0.3) is 0 Å². The monoisotopic (exact) mass is 182 g/mol. The van der Waals surface area contributed by atoms with Crippen molar-refractivity contribution in [3.63, 3.8) is 0 Å². The fourth-order valence-electron chi connectivity index (χ4n) is 0.125. The Hall–Kier alpha value is -0.580. The van der Waals surface area contributed by atoms with Crippen LogP contribution in [0, 0.1) is 0 Å². The molecule has 0 radical (unpaired) electrons. The molecule has 0 amide bonds. The number of hydrogen-bond donors (Lipinski definition) is 1. The maximum atomic E-state index is 9.97. The molecule has 0 aromatic rings. The van der Waals surface area contributed by atoms with E-state index in [4.69, 9.17) is 5.11 Å². The lowest BCUT2D eigenvalue weighted by atomic mass is 10.8. The third-order valence-corrected chi connectivity index (χ3v) is 0.768. The van der Waals surface area contributed by atoms with Gasteiger partial charge in [-0.15, -0.1) is 0 Å². The standard InChI is InChI=1S/C3H3BrO4/c4-1-2(5)8-3(6)7/h1H2,(H,6,7). The maximum Gasteiger partial charge on any atom is 0.513 e. The average molecular weight is 183 g/mol. The van der Waals surface area contributed by atoms with Crippen molar-refractivity contribution in [3.8, 4) is 0 Å². The first-order chi connectivity index (χ1) is 3.66. The molecule has 1 N–H and O–H groups in total. The Morgan fingerprint density at radius 2 is 2.12 bits per heavy atom. The van der Waals surface area contributed by atoms with Crippen LogP contribution in [0.3, 0.4) is 0 Å². The highest BCUT2D eigenvalue weighted by Crippen LogP contribution is 1.84. The minimum Gasteiger partial charge on any atom is -0.449 e. The van der Waals surface area contributed by atoms with E-state index < -0.39 is 12.1 Å².